The number of hydrogen-bond acceptors (Lipinski definition) is 4. The van der Waals surface area contributed by atoms with Crippen LogP contribution < -0.4 is 16.4 Å². The summed E-state index contributed by atoms with van der Waals surface area (Å²) in [5, 5.41) is 5.87. The van der Waals surface area contributed by atoms with Crippen LogP contribution >= 0.6 is 0 Å². The Kier molecular flexibility index (Phi) is 10.4. The average Bonchev–Trinajstić information content (AvgIpc) is 2.40. The summed E-state index contributed by atoms with van der Waals surface area (Å²) in [4.78, 5) is 16.1. The van der Waals surface area contributed by atoms with Gasteiger partial charge < -0.3 is 25.8 Å². The molecule has 1 atom stereocenters. The van der Waals surface area contributed by atoms with Gasteiger partial charge in [0.15, 0.2) is 5.96 Å². The minimum atomic E-state index is -0.518. The van der Waals surface area contributed by atoms with Crippen LogP contribution in [0.15, 0.2) is 4.99 Å². The Hall–Kier alpha value is -1.50. The second-order valence-electron chi connectivity index (χ2n) is 6.70. The molecule has 0 aromatic rings. The van der Waals surface area contributed by atoms with E-state index in [-0.39, 0.29) is 12.0 Å². The molecule has 0 saturated carbocycles. The molecule has 0 saturated heterocycles. The second kappa shape index (κ2) is 11.1. The van der Waals surface area contributed by atoms with Crippen molar-refractivity contribution >= 4 is 12.1 Å². The Morgan fingerprint density at radius 3 is 2.48 bits per heavy atom. The van der Waals surface area contributed by atoms with Crippen LogP contribution in [0.1, 0.15) is 48.0 Å². The van der Waals surface area contributed by atoms with Gasteiger partial charge in [0.2, 0.25) is 0 Å². The fraction of sp³-hybridized carbons (Fsp3) is 0.875. The summed E-state index contributed by atoms with van der Waals surface area (Å²) < 4.78 is 10.5. The molecule has 7 heteroatoms. The quantitative estimate of drug-likeness (QED) is 0.340. The number of carbonyl (C=O) groups excluding carboxylic acids is 1. The van der Waals surface area contributed by atoms with Gasteiger partial charge in [0.1, 0.15) is 5.60 Å². The summed E-state index contributed by atoms with van der Waals surface area (Å²) in [6.07, 6.45) is 0.433. The van der Waals surface area contributed by atoms with Crippen LogP contribution in [0.25, 0.3) is 0 Å². The lowest BCUT2D eigenvalue weighted by Gasteiger charge is -2.25. The molecule has 7 nitrogen and oxygen atoms in total. The van der Waals surface area contributed by atoms with Crippen LogP contribution in [0.2, 0.25) is 0 Å². The first-order chi connectivity index (χ1) is 10.7. The van der Waals surface area contributed by atoms with Crippen molar-refractivity contribution in [3.05, 3.63) is 0 Å². The molecule has 0 spiro atoms. The third kappa shape index (κ3) is 12.7. The van der Waals surface area contributed by atoms with Crippen molar-refractivity contribution in [3.63, 3.8) is 0 Å². The van der Waals surface area contributed by atoms with E-state index in [1.807, 2.05) is 41.5 Å². The van der Waals surface area contributed by atoms with E-state index in [2.05, 4.69) is 15.6 Å². The highest BCUT2D eigenvalue weighted by Crippen LogP contribution is 2.08. The first kappa shape index (κ1) is 21.5. The van der Waals surface area contributed by atoms with Gasteiger partial charge in [-0.3, -0.25) is 4.99 Å². The monoisotopic (exact) mass is 330 g/mol. The lowest BCUT2D eigenvalue weighted by molar-refractivity contribution is 0.0493. The second-order valence-corrected chi connectivity index (χ2v) is 6.70. The van der Waals surface area contributed by atoms with Gasteiger partial charge in [0, 0.05) is 19.8 Å². The lowest BCUT2D eigenvalue weighted by atomic mass is 10.1. The Labute approximate surface area is 140 Å². The number of ether oxygens (including phenoxy) is 2. The van der Waals surface area contributed by atoms with Crippen LogP contribution in [0.4, 0.5) is 4.79 Å². The molecule has 136 valence electrons. The van der Waals surface area contributed by atoms with E-state index in [9.17, 15) is 4.79 Å². The summed E-state index contributed by atoms with van der Waals surface area (Å²) in [5.41, 5.74) is 5.31. The SMILES string of the molecule is CCOCCCNC(N)=NCC(NC(=O)OC(C)(C)C)C(C)C. The topological polar surface area (TPSA) is 98.0 Å². The summed E-state index contributed by atoms with van der Waals surface area (Å²) in [6.45, 7) is 14.0. The molecule has 0 heterocycles. The molecule has 1 unspecified atom stereocenters. The van der Waals surface area contributed by atoms with E-state index in [1.165, 1.54) is 0 Å². The number of nitrogens with one attached hydrogen (secondary N) is 2. The molecule has 0 bridgehead atoms. The number of alkyl carbamates (subject to hydrolysis) is 1. The summed E-state index contributed by atoms with van der Waals surface area (Å²) in [6, 6.07) is -0.131. The van der Waals surface area contributed by atoms with Gasteiger partial charge in [0.05, 0.1) is 12.6 Å². The number of carbonyl (C=O) groups is 1. The number of nitrogens with zero attached hydrogens (tertiary/aromatic N) is 1. The third-order valence-electron chi connectivity index (χ3n) is 2.94. The largest absolute Gasteiger partial charge is 0.444 e. The molecule has 0 aliphatic rings. The van der Waals surface area contributed by atoms with Crippen LogP contribution in [-0.4, -0.2) is 50.0 Å². The molecule has 0 fully saturated rings. The molecule has 0 aliphatic heterocycles. The number of nitrogens with two attached hydrogens (primary N) is 1. The zero-order valence-electron chi connectivity index (χ0n) is 15.4. The van der Waals surface area contributed by atoms with Gasteiger partial charge in [-0.25, -0.2) is 4.79 Å². The first-order valence-electron chi connectivity index (χ1n) is 8.26. The van der Waals surface area contributed by atoms with E-state index in [0.29, 0.717) is 25.7 Å². The highest BCUT2D eigenvalue weighted by atomic mass is 16.6. The minimum absolute atomic E-state index is 0.131. The Morgan fingerprint density at radius 2 is 1.96 bits per heavy atom. The molecule has 0 aromatic heterocycles. The van der Waals surface area contributed by atoms with Crippen molar-refractivity contribution in [1.82, 2.24) is 10.6 Å². The van der Waals surface area contributed by atoms with Crippen LogP contribution in [0.5, 0.6) is 0 Å². The summed E-state index contributed by atoms with van der Waals surface area (Å²) in [7, 11) is 0. The van der Waals surface area contributed by atoms with E-state index in [4.69, 9.17) is 15.2 Å². The Balaban J connectivity index is 4.26. The summed E-state index contributed by atoms with van der Waals surface area (Å²) >= 11 is 0. The predicted octanol–water partition coefficient (Wildman–Crippen LogP) is 1.87. The van der Waals surface area contributed by atoms with Crippen molar-refractivity contribution in [2.75, 3.05) is 26.3 Å². The molecule has 23 heavy (non-hydrogen) atoms. The number of aliphatic imine (C=N–C) groups is 1. The van der Waals surface area contributed by atoms with Crippen molar-refractivity contribution in [2.24, 2.45) is 16.6 Å². The van der Waals surface area contributed by atoms with E-state index in [1.54, 1.807) is 0 Å². The van der Waals surface area contributed by atoms with E-state index in [0.717, 1.165) is 13.0 Å². The molecule has 0 rings (SSSR count). The Bertz CT molecular complexity index is 365. The summed E-state index contributed by atoms with van der Waals surface area (Å²) in [5.74, 6) is 0.593. The van der Waals surface area contributed by atoms with Crippen LogP contribution in [0, 0.1) is 5.92 Å². The fourth-order valence-electron chi connectivity index (χ4n) is 1.67. The Morgan fingerprint density at radius 1 is 1.30 bits per heavy atom. The number of guanidine groups is 1. The third-order valence-corrected chi connectivity index (χ3v) is 2.94. The van der Waals surface area contributed by atoms with Crippen LogP contribution in [0.3, 0.4) is 0 Å². The molecule has 0 aliphatic carbocycles. The van der Waals surface area contributed by atoms with Gasteiger partial charge in [-0.05, 0) is 40.0 Å². The van der Waals surface area contributed by atoms with Gasteiger partial charge >= 0.3 is 6.09 Å². The maximum absolute atomic E-state index is 11.8. The average molecular weight is 330 g/mol. The van der Waals surface area contributed by atoms with Gasteiger partial charge in [-0.1, -0.05) is 13.8 Å². The van der Waals surface area contributed by atoms with Crippen molar-refractivity contribution < 1.29 is 14.3 Å². The smallest absolute Gasteiger partial charge is 0.407 e. The highest BCUT2D eigenvalue weighted by molar-refractivity contribution is 5.77. The first-order valence-corrected chi connectivity index (χ1v) is 8.26. The number of rotatable bonds is 9. The zero-order valence-corrected chi connectivity index (χ0v) is 15.4. The van der Waals surface area contributed by atoms with Crippen LogP contribution in [-0.2, 0) is 9.47 Å². The molecule has 4 N–H and O–H groups in total. The number of hydrogen-bond donors (Lipinski definition) is 3. The van der Waals surface area contributed by atoms with Crippen molar-refractivity contribution in [2.45, 2.75) is 59.6 Å². The van der Waals surface area contributed by atoms with Gasteiger partial charge in [-0.15, -0.1) is 0 Å². The van der Waals surface area contributed by atoms with Crippen molar-refractivity contribution in [3.8, 4) is 0 Å². The van der Waals surface area contributed by atoms with Crippen molar-refractivity contribution in [1.29, 1.82) is 0 Å². The minimum Gasteiger partial charge on any atom is -0.444 e. The van der Waals surface area contributed by atoms with Gasteiger partial charge in [0.25, 0.3) is 0 Å². The predicted molar refractivity (Wildman–Crippen MR) is 93.6 cm³/mol. The zero-order chi connectivity index (χ0) is 17.9. The number of amides is 1. The molecular formula is C16H34N4O3. The molecule has 1 amide bonds. The maximum atomic E-state index is 11.8. The lowest BCUT2D eigenvalue weighted by Crippen LogP contribution is -2.44. The maximum Gasteiger partial charge on any atom is 0.407 e. The normalized spacial score (nSPS) is 13.8. The molecular weight excluding hydrogens is 296 g/mol. The molecule has 0 radical (unpaired) electrons. The van der Waals surface area contributed by atoms with Gasteiger partial charge in [-0.2, -0.15) is 0 Å². The van der Waals surface area contributed by atoms with E-state index >= 15 is 0 Å². The van der Waals surface area contributed by atoms with E-state index < -0.39 is 11.7 Å². The standard InChI is InChI=1S/C16H34N4O3/c1-7-22-10-8-9-18-14(17)19-11-13(12(2)3)20-15(21)23-16(4,5)6/h12-13H,7-11H2,1-6H3,(H,20,21)(H3,17,18,19). The fourth-order valence-corrected chi connectivity index (χ4v) is 1.67. The highest BCUT2D eigenvalue weighted by Gasteiger charge is 2.21. The molecule has 0 aromatic carbocycles.